The van der Waals surface area contributed by atoms with E-state index in [2.05, 4.69) is 5.32 Å². The van der Waals surface area contributed by atoms with Crippen molar-refractivity contribution in [2.24, 2.45) is 0 Å². The number of halogens is 1. The predicted molar refractivity (Wildman–Crippen MR) is 109 cm³/mol. The van der Waals surface area contributed by atoms with E-state index >= 15 is 0 Å². The molecular formula is C21H23ClN2O4. The summed E-state index contributed by atoms with van der Waals surface area (Å²) in [7, 11) is 1.56. The third-order valence-electron chi connectivity index (χ3n) is 4.53. The van der Waals surface area contributed by atoms with Crippen LogP contribution in [0.1, 0.15) is 26.7 Å². The van der Waals surface area contributed by atoms with E-state index in [0.717, 1.165) is 6.42 Å². The van der Waals surface area contributed by atoms with Gasteiger partial charge in [-0.3, -0.25) is 9.59 Å². The van der Waals surface area contributed by atoms with Crippen molar-refractivity contribution >= 4 is 34.8 Å². The number of hydrogen-bond acceptors (Lipinski definition) is 4. The van der Waals surface area contributed by atoms with Gasteiger partial charge in [-0.1, -0.05) is 11.6 Å². The van der Waals surface area contributed by atoms with Crippen molar-refractivity contribution in [3.8, 4) is 11.5 Å². The quantitative estimate of drug-likeness (QED) is 0.783. The molecule has 148 valence electrons. The Labute approximate surface area is 169 Å². The second-order valence-corrected chi connectivity index (χ2v) is 7.49. The van der Waals surface area contributed by atoms with Crippen LogP contribution in [0.5, 0.6) is 11.5 Å². The molecule has 6 nitrogen and oxygen atoms in total. The smallest absolute Gasteiger partial charge is 0.267 e. The van der Waals surface area contributed by atoms with E-state index in [1.807, 2.05) is 0 Å². The van der Waals surface area contributed by atoms with Gasteiger partial charge in [-0.25, -0.2) is 0 Å². The minimum atomic E-state index is -1.11. The molecule has 2 amide bonds. The van der Waals surface area contributed by atoms with Gasteiger partial charge in [0.15, 0.2) is 5.60 Å². The highest BCUT2D eigenvalue weighted by molar-refractivity contribution is 6.30. The van der Waals surface area contributed by atoms with E-state index in [1.54, 1.807) is 68.3 Å². The lowest BCUT2D eigenvalue weighted by molar-refractivity contribution is -0.128. The third kappa shape index (κ3) is 4.39. The van der Waals surface area contributed by atoms with Crippen LogP contribution in [0.4, 0.5) is 11.4 Å². The second kappa shape index (κ2) is 8.10. The summed E-state index contributed by atoms with van der Waals surface area (Å²) in [5.74, 6) is 0.868. The average molecular weight is 403 g/mol. The number of methoxy groups -OCH3 is 1. The van der Waals surface area contributed by atoms with Crippen LogP contribution < -0.4 is 19.7 Å². The van der Waals surface area contributed by atoms with Gasteiger partial charge in [-0.15, -0.1) is 0 Å². The molecule has 0 unspecified atom stereocenters. The Morgan fingerprint density at radius 1 is 1.18 bits per heavy atom. The Morgan fingerprint density at radius 3 is 2.50 bits per heavy atom. The number of hydrogen-bond donors (Lipinski definition) is 1. The zero-order valence-corrected chi connectivity index (χ0v) is 16.9. The Bertz CT molecular complexity index is 880. The van der Waals surface area contributed by atoms with E-state index < -0.39 is 5.60 Å². The fourth-order valence-electron chi connectivity index (χ4n) is 3.01. The Balaban J connectivity index is 1.77. The number of benzene rings is 2. The Morgan fingerprint density at radius 2 is 1.89 bits per heavy atom. The zero-order valence-electron chi connectivity index (χ0n) is 16.1. The molecule has 0 saturated carbocycles. The first-order valence-electron chi connectivity index (χ1n) is 9.04. The SMILES string of the molecule is COc1ccc(NC(=O)C(C)(C)Oc2ccc(Cl)cc2)cc1N1CCCC1=O. The van der Waals surface area contributed by atoms with Crippen molar-refractivity contribution in [3.63, 3.8) is 0 Å². The Hall–Kier alpha value is -2.73. The lowest BCUT2D eigenvalue weighted by Gasteiger charge is -2.26. The molecule has 1 heterocycles. The molecule has 0 radical (unpaired) electrons. The number of carbonyl (C=O) groups excluding carboxylic acids is 2. The first-order chi connectivity index (χ1) is 13.3. The van der Waals surface area contributed by atoms with Crippen molar-refractivity contribution < 1.29 is 19.1 Å². The monoisotopic (exact) mass is 402 g/mol. The number of carbonyl (C=O) groups is 2. The van der Waals surface area contributed by atoms with Crippen LogP contribution in [0.15, 0.2) is 42.5 Å². The molecule has 0 aromatic heterocycles. The molecule has 28 heavy (non-hydrogen) atoms. The molecule has 1 saturated heterocycles. The van der Waals surface area contributed by atoms with Crippen LogP contribution in [0, 0.1) is 0 Å². The molecule has 0 spiro atoms. The highest BCUT2D eigenvalue weighted by atomic mass is 35.5. The van der Waals surface area contributed by atoms with Crippen molar-refractivity contribution in [2.45, 2.75) is 32.3 Å². The van der Waals surface area contributed by atoms with Crippen molar-refractivity contribution in [3.05, 3.63) is 47.5 Å². The van der Waals surface area contributed by atoms with Gasteiger partial charge >= 0.3 is 0 Å². The fraction of sp³-hybridized carbons (Fsp3) is 0.333. The number of amides is 2. The molecule has 7 heteroatoms. The molecule has 1 aliphatic heterocycles. The number of nitrogens with one attached hydrogen (secondary N) is 1. The summed E-state index contributed by atoms with van der Waals surface area (Å²) < 4.78 is 11.2. The summed E-state index contributed by atoms with van der Waals surface area (Å²) in [6.45, 7) is 4.01. The van der Waals surface area contributed by atoms with Crippen LogP contribution in [-0.4, -0.2) is 31.1 Å². The zero-order chi connectivity index (χ0) is 20.3. The number of nitrogens with zero attached hydrogens (tertiary/aromatic N) is 1. The first-order valence-corrected chi connectivity index (χ1v) is 9.42. The summed E-state index contributed by atoms with van der Waals surface area (Å²) in [5.41, 5.74) is 0.102. The first kappa shape index (κ1) is 20.0. The molecule has 1 N–H and O–H groups in total. The minimum absolute atomic E-state index is 0.0492. The molecule has 3 rings (SSSR count). The predicted octanol–water partition coefficient (Wildman–Crippen LogP) is 4.27. The highest BCUT2D eigenvalue weighted by Gasteiger charge is 2.31. The molecule has 2 aromatic rings. The fourth-order valence-corrected chi connectivity index (χ4v) is 3.13. The lowest BCUT2D eigenvalue weighted by Crippen LogP contribution is -2.42. The molecule has 1 fully saturated rings. The molecular weight excluding hydrogens is 380 g/mol. The van der Waals surface area contributed by atoms with Crippen molar-refractivity contribution in [1.82, 2.24) is 0 Å². The molecule has 0 aliphatic carbocycles. The summed E-state index contributed by atoms with van der Waals surface area (Å²) in [5, 5.41) is 3.45. The van der Waals surface area contributed by atoms with Gasteiger partial charge in [0, 0.05) is 23.7 Å². The van der Waals surface area contributed by atoms with Crippen molar-refractivity contribution in [2.75, 3.05) is 23.9 Å². The summed E-state index contributed by atoms with van der Waals surface area (Å²) in [6.07, 6.45) is 1.32. The van der Waals surface area contributed by atoms with E-state index in [9.17, 15) is 9.59 Å². The van der Waals surface area contributed by atoms with E-state index in [4.69, 9.17) is 21.1 Å². The van der Waals surface area contributed by atoms with Gasteiger partial charge in [0.05, 0.1) is 12.8 Å². The lowest BCUT2D eigenvalue weighted by atomic mass is 10.1. The van der Waals surface area contributed by atoms with Gasteiger partial charge in [-0.05, 0) is 62.7 Å². The van der Waals surface area contributed by atoms with E-state index in [-0.39, 0.29) is 11.8 Å². The largest absolute Gasteiger partial charge is 0.495 e. The molecule has 1 aliphatic rings. The van der Waals surface area contributed by atoms with Gasteiger partial charge in [0.25, 0.3) is 5.91 Å². The van der Waals surface area contributed by atoms with Crippen LogP contribution in [0.3, 0.4) is 0 Å². The summed E-state index contributed by atoms with van der Waals surface area (Å²) in [4.78, 5) is 26.6. The average Bonchev–Trinajstić information content (AvgIpc) is 3.09. The maximum Gasteiger partial charge on any atom is 0.267 e. The second-order valence-electron chi connectivity index (χ2n) is 7.06. The van der Waals surface area contributed by atoms with Gasteiger partial charge < -0.3 is 19.7 Å². The number of ether oxygens (including phenoxy) is 2. The van der Waals surface area contributed by atoms with E-state index in [1.165, 1.54) is 0 Å². The normalized spacial score (nSPS) is 14.1. The molecule has 0 bridgehead atoms. The summed E-state index contributed by atoms with van der Waals surface area (Å²) in [6, 6.07) is 12.0. The maximum absolute atomic E-state index is 12.8. The topological polar surface area (TPSA) is 67.9 Å². The van der Waals surface area contributed by atoms with Gasteiger partial charge in [0.1, 0.15) is 11.5 Å². The number of rotatable bonds is 6. The number of anilines is 2. The summed E-state index contributed by atoms with van der Waals surface area (Å²) >= 11 is 5.88. The van der Waals surface area contributed by atoms with Gasteiger partial charge in [0.2, 0.25) is 5.91 Å². The Kier molecular flexibility index (Phi) is 5.79. The van der Waals surface area contributed by atoms with Gasteiger partial charge in [-0.2, -0.15) is 0 Å². The van der Waals surface area contributed by atoms with Crippen LogP contribution in [0.25, 0.3) is 0 Å². The standard InChI is InChI=1S/C21H23ClN2O4/c1-21(2,28-16-9-6-14(22)7-10-16)20(26)23-15-8-11-18(27-3)17(13-15)24-12-4-5-19(24)25/h6-11,13H,4-5,12H2,1-3H3,(H,23,26). The highest BCUT2D eigenvalue weighted by Crippen LogP contribution is 2.34. The van der Waals surface area contributed by atoms with Crippen LogP contribution in [-0.2, 0) is 9.59 Å². The maximum atomic E-state index is 12.8. The molecule has 0 atom stereocenters. The van der Waals surface area contributed by atoms with Crippen LogP contribution in [0.2, 0.25) is 5.02 Å². The van der Waals surface area contributed by atoms with Crippen LogP contribution >= 0.6 is 11.6 Å². The van der Waals surface area contributed by atoms with Crippen molar-refractivity contribution in [1.29, 1.82) is 0 Å². The third-order valence-corrected chi connectivity index (χ3v) is 4.79. The minimum Gasteiger partial charge on any atom is -0.495 e. The van der Waals surface area contributed by atoms with E-state index in [0.29, 0.717) is 40.9 Å². The molecule has 2 aromatic carbocycles.